The molecule has 0 spiro atoms. The number of aliphatic imine (C=N–C) groups is 1. The van der Waals surface area contributed by atoms with Gasteiger partial charge in [0.15, 0.2) is 5.96 Å². The average molecular weight is 211 g/mol. The van der Waals surface area contributed by atoms with Gasteiger partial charge < -0.3 is 11.1 Å². The lowest BCUT2D eigenvalue weighted by molar-refractivity contribution is 0.546. The van der Waals surface area contributed by atoms with Crippen molar-refractivity contribution in [1.82, 2.24) is 5.32 Å². The number of hydrogen-bond donors (Lipinski definition) is 2. The summed E-state index contributed by atoms with van der Waals surface area (Å²) in [6.07, 6.45) is 0. The van der Waals surface area contributed by atoms with Crippen molar-refractivity contribution in [2.24, 2.45) is 10.7 Å². The highest BCUT2D eigenvalue weighted by Crippen LogP contribution is 2.21. The molecule has 3 N–H and O–H groups in total. The van der Waals surface area contributed by atoms with Gasteiger partial charge in [-0.05, 0) is 23.8 Å². The van der Waals surface area contributed by atoms with Gasteiger partial charge >= 0.3 is 0 Å². The summed E-state index contributed by atoms with van der Waals surface area (Å²) >= 11 is 0. The zero-order valence-corrected chi connectivity index (χ0v) is 8.00. The largest absolute Gasteiger partial charge is 0.370 e. The Balaban J connectivity index is 2.26. The van der Waals surface area contributed by atoms with Crippen LogP contribution < -0.4 is 11.1 Å². The van der Waals surface area contributed by atoms with Gasteiger partial charge in [-0.15, -0.1) is 0 Å². The maximum atomic E-state index is 13.4. The van der Waals surface area contributed by atoms with Crippen LogP contribution in [-0.2, 0) is 0 Å². The van der Waals surface area contributed by atoms with Crippen LogP contribution in [0.4, 0.5) is 8.78 Å². The van der Waals surface area contributed by atoms with Crippen LogP contribution in [0.2, 0.25) is 0 Å². The lowest BCUT2D eigenvalue weighted by Gasteiger charge is -2.21. The lowest BCUT2D eigenvalue weighted by atomic mass is 9.97. The number of hydrogen-bond acceptors (Lipinski definition) is 3. The monoisotopic (exact) mass is 211 g/mol. The van der Waals surface area contributed by atoms with Gasteiger partial charge in [-0.2, -0.15) is 0 Å². The minimum atomic E-state index is -0.436. The maximum absolute atomic E-state index is 13.4. The molecule has 3 nitrogen and oxygen atoms in total. The molecule has 1 atom stereocenters. The van der Waals surface area contributed by atoms with E-state index in [1.807, 2.05) is 0 Å². The van der Waals surface area contributed by atoms with Crippen LogP contribution in [0.15, 0.2) is 23.2 Å². The van der Waals surface area contributed by atoms with E-state index < -0.39 is 11.6 Å². The second-order valence-electron chi connectivity index (χ2n) is 3.47. The minimum absolute atomic E-state index is 0.159. The average Bonchev–Trinajstić information content (AvgIpc) is 2.23. The van der Waals surface area contributed by atoms with E-state index in [1.165, 1.54) is 6.07 Å². The topological polar surface area (TPSA) is 50.4 Å². The first kappa shape index (κ1) is 9.89. The fourth-order valence-corrected chi connectivity index (χ4v) is 1.59. The first-order chi connectivity index (χ1) is 7.16. The van der Waals surface area contributed by atoms with E-state index in [2.05, 4.69) is 10.3 Å². The highest BCUT2D eigenvalue weighted by atomic mass is 19.1. The summed E-state index contributed by atoms with van der Waals surface area (Å²) in [5.74, 6) is -0.649. The Hall–Kier alpha value is -1.65. The summed E-state index contributed by atoms with van der Waals surface area (Å²) in [5, 5.41) is 2.82. The van der Waals surface area contributed by atoms with Gasteiger partial charge in [-0.1, -0.05) is 0 Å². The van der Waals surface area contributed by atoms with Gasteiger partial charge in [0, 0.05) is 12.5 Å². The number of benzene rings is 1. The lowest BCUT2D eigenvalue weighted by Crippen LogP contribution is -2.40. The van der Waals surface area contributed by atoms with Crippen molar-refractivity contribution in [2.75, 3.05) is 13.1 Å². The number of halogens is 2. The Kier molecular flexibility index (Phi) is 2.53. The number of rotatable bonds is 1. The molecule has 5 heteroatoms. The molecule has 15 heavy (non-hydrogen) atoms. The SMILES string of the molecule is NC1=NCC(c2cc(F)ccc2F)CN1. The smallest absolute Gasteiger partial charge is 0.188 e. The highest BCUT2D eigenvalue weighted by molar-refractivity contribution is 5.78. The summed E-state index contributed by atoms with van der Waals surface area (Å²) in [6.45, 7) is 0.870. The van der Waals surface area contributed by atoms with Gasteiger partial charge in [-0.25, -0.2) is 8.78 Å². The molecule has 80 valence electrons. The Bertz CT molecular complexity index is 404. The van der Waals surface area contributed by atoms with Crippen LogP contribution in [0.5, 0.6) is 0 Å². The highest BCUT2D eigenvalue weighted by Gasteiger charge is 2.19. The van der Waals surface area contributed by atoms with Gasteiger partial charge in [0.1, 0.15) is 11.6 Å². The molecule has 2 rings (SSSR count). The third-order valence-corrected chi connectivity index (χ3v) is 2.41. The molecule has 1 unspecified atom stereocenters. The molecule has 1 aliphatic heterocycles. The molecule has 0 saturated heterocycles. The van der Waals surface area contributed by atoms with Crippen molar-refractivity contribution in [2.45, 2.75) is 5.92 Å². The van der Waals surface area contributed by atoms with E-state index in [0.29, 0.717) is 24.6 Å². The Labute approximate surface area is 86.0 Å². The van der Waals surface area contributed by atoms with E-state index in [0.717, 1.165) is 12.1 Å². The molecule has 0 aromatic heterocycles. The van der Waals surface area contributed by atoms with Gasteiger partial charge in [0.2, 0.25) is 0 Å². The quantitative estimate of drug-likeness (QED) is 0.727. The van der Waals surface area contributed by atoms with Gasteiger partial charge in [-0.3, -0.25) is 4.99 Å². The molecule has 1 aliphatic rings. The van der Waals surface area contributed by atoms with Crippen LogP contribution in [0.25, 0.3) is 0 Å². The second kappa shape index (κ2) is 3.84. The van der Waals surface area contributed by atoms with Crippen molar-refractivity contribution < 1.29 is 8.78 Å². The van der Waals surface area contributed by atoms with Crippen LogP contribution in [-0.4, -0.2) is 19.0 Å². The fraction of sp³-hybridized carbons (Fsp3) is 0.300. The third-order valence-electron chi connectivity index (χ3n) is 2.41. The molecule has 0 radical (unpaired) electrons. The first-order valence-electron chi connectivity index (χ1n) is 4.65. The summed E-state index contributed by atoms with van der Waals surface area (Å²) in [4.78, 5) is 3.95. The van der Waals surface area contributed by atoms with Crippen LogP contribution in [0.1, 0.15) is 11.5 Å². The van der Waals surface area contributed by atoms with Crippen molar-refractivity contribution in [3.8, 4) is 0 Å². The standard InChI is InChI=1S/C10H11F2N3/c11-7-1-2-9(12)8(3-7)6-4-14-10(13)15-5-6/h1-3,6H,4-5H2,(H3,13,14,15). The summed E-state index contributed by atoms with van der Waals surface area (Å²) in [7, 11) is 0. The van der Waals surface area contributed by atoms with Crippen molar-refractivity contribution in [1.29, 1.82) is 0 Å². The molecular weight excluding hydrogens is 200 g/mol. The predicted molar refractivity (Wildman–Crippen MR) is 53.6 cm³/mol. The summed E-state index contributed by atoms with van der Waals surface area (Å²) in [6, 6.07) is 3.44. The zero-order chi connectivity index (χ0) is 10.8. The molecule has 0 fully saturated rings. The van der Waals surface area contributed by atoms with Crippen molar-refractivity contribution in [3.63, 3.8) is 0 Å². The first-order valence-corrected chi connectivity index (χ1v) is 4.65. The van der Waals surface area contributed by atoms with E-state index in [-0.39, 0.29) is 5.92 Å². The Morgan fingerprint density at radius 2 is 2.20 bits per heavy atom. The van der Waals surface area contributed by atoms with Crippen LogP contribution >= 0.6 is 0 Å². The third kappa shape index (κ3) is 2.06. The van der Waals surface area contributed by atoms with E-state index in [1.54, 1.807) is 0 Å². The van der Waals surface area contributed by atoms with E-state index in [4.69, 9.17) is 5.73 Å². The summed E-state index contributed by atoms with van der Waals surface area (Å²) in [5.41, 5.74) is 5.76. The number of nitrogens with one attached hydrogen (secondary N) is 1. The molecule has 0 aliphatic carbocycles. The predicted octanol–water partition coefficient (Wildman–Crippen LogP) is 0.966. The normalized spacial score (nSPS) is 20.7. The molecule has 1 aromatic rings. The Morgan fingerprint density at radius 1 is 1.40 bits per heavy atom. The molecule has 1 heterocycles. The van der Waals surface area contributed by atoms with Crippen LogP contribution in [0, 0.1) is 11.6 Å². The van der Waals surface area contributed by atoms with E-state index >= 15 is 0 Å². The number of nitrogens with two attached hydrogens (primary N) is 1. The minimum Gasteiger partial charge on any atom is -0.370 e. The van der Waals surface area contributed by atoms with Gasteiger partial charge in [0.25, 0.3) is 0 Å². The molecule has 0 bridgehead atoms. The maximum Gasteiger partial charge on any atom is 0.188 e. The van der Waals surface area contributed by atoms with Gasteiger partial charge in [0.05, 0.1) is 6.54 Å². The number of guanidine groups is 1. The fourth-order valence-electron chi connectivity index (χ4n) is 1.59. The van der Waals surface area contributed by atoms with Crippen molar-refractivity contribution >= 4 is 5.96 Å². The second-order valence-corrected chi connectivity index (χ2v) is 3.47. The van der Waals surface area contributed by atoms with E-state index in [9.17, 15) is 8.78 Å². The Morgan fingerprint density at radius 3 is 2.87 bits per heavy atom. The molecule has 1 aromatic carbocycles. The zero-order valence-electron chi connectivity index (χ0n) is 8.00. The molecule has 0 amide bonds. The summed E-state index contributed by atoms with van der Waals surface area (Å²) < 4.78 is 26.3. The molecular formula is C10H11F2N3. The molecule has 0 saturated carbocycles. The van der Waals surface area contributed by atoms with Crippen LogP contribution in [0.3, 0.4) is 0 Å². The van der Waals surface area contributed by atoms with Crippen molar-refractivity contribution in [3.05, 3.63) is 35.4 Å². The number of nitrogens with zero attached hydrogens (tertiary/aromatic N) is 1.